The molecular weight excluding hydrogens is 406 g/mol. The molecule has 0 radical (unpaired) electrons. The molecule has 0 fully saturated rings. The van der Waals surface area contributed by atoms with E-state index in [2.05, 4.69) is 31.4 Å². The third-order valence-corrected chi connectivity index (χ3v) is 6.71. The van der Waals surface area contributed by atoms with E-state index in [0.29, 0.717) is 18.0 Å². The minimum atomic E-state index is -1.11. The molecule has 3 rings (SSSR count). The van der Waals surface area contributed by atoms with Crippen molar-refractivity contribution in [2.45, 2.75) is 66.4 Å². The van der Waals surface area contributed by atoms with E-state index in [1.165, 1.54) is 6.92 Å². The molecule has 3 amide bonds. The van der Waals surface area contributed by atoms with E-state index in [0.717, 1.165) is 47.8 Å². The number of nitrogens with one attached hydrogen (secondary N) is 2. The van der Waals surface area contributed by atoms with Crippen molar-refractivity contribution < 1.29 is 19.1 Å². The van der Waals surface area contributed by atoms with Crippen LogP contribution in [0.5, 0.6) is 0 Å². The van der Waals surface area contributed by atoms with Crippen LogP contribution in [0.15, 0.2) is 24.3 Å². The Kier molecular flexibility index (Phi) is 7.16. The van der Waals surface area contributed by atoms with E-state index in [1.807, 2.05) is 24.3 Å². The predicted molar refractivity (Wildman–Crippen MR) is 123 cm³/mol. The first-order valence-electron chi connectivity index (χ1n) is 11.4. The number of fused-ring (bicyclic) bond motifs is 2. The van der Waals surface area contributed by atoms with Crippen molar-refractivity contribution in [3.05, 3.63) is 41.1 Å². The zero-order valence-electron chi connectivity index (χ0n) is 19.6. The quantitative estimate of drug-likeness (QED) is 0.659. The van der Waals surface area contributed by atoms with Crippen molar-refractivity contribution in [3.63, 3.8) is 0 Å². The maximum absolute atomic E-state index is 13.4. The summed E-state index contributed by atoms with van der Waals surface area (Å²) >= 11 is 0. The summed E-state index contributed by atoms with van der Waals surface area (Å²) in [5.41, 5.74) is 3.22. The summed E-state index contributed by atoms with van der Waals surface area (Å²) in [4.78, 5) is 42.1. The van der Waals surface area contributed by atoms with Crippen LogP contribution in [0.3, 0.4) is 0 Å². The molecule has 7 nitrogen and oxygen atoms in total. The number of benzene rings is 1. The van der Waals surface area contributed by atoms with Gasteiger partial charge in [-0.2, -0.15) is 0 Å². The lowest BCUT2D eigenvalue weighted by molar-refractivity contribution is -0.127. The largest absolute Gasteiger partial charge is 0.449 e. The first-order valence-corrected chi connectivity index (χ1v) is 11.4. The first-order chi connectivity index (χ1) is 15.2. The van der Waals surface area contributed by atoms with Crippen LogP contribution in [-0.4, -0.2) is 35.5 Å². The molecule has 7 heteroatoms. The summed E-state index contributed by atoms with van der Waals surface area (Å²) in [6.07, 6.45) is 2.52. The molecule has 32 heavy (non-hydrogen) atoms. The number of hydrogen-bond donors (Lipinski definition) is 2. The van der Waals surface area contributed by atoms with E-state index < -0.39 is 24.0 Å². The third-order valence-electron chi connectivity index (χ3n) is 6.71. The van der Waals surface area contributed by atoms with Crippen LogP contribution in [0.4, 0.5) is 4.79 Å². The van der Waals surface area contributed by atoms with Crippen molar-refractivity contribution in [2.24, 2.45) is 11.3 Å². The number of ether oxygens (including phenoxy) is 1. The van der Waals surface area contributed by atoms with Crippen molar-refractivity contribution in [3.8, 4) is 0 Å². The number of carbonyl (C=O) groups is 3. The highest BCUT2D eigenvalue weighted by Gasteiger charge is 2.35. The molecule has 0 spiro atoms. The molecule has 0 bridgehead atoms. The van der Waals surface area contributed by atoms with Crippen LogP contribution in [0.1, 0.15) is 69.1 Å². The smallest absolute Gasteiger partial charge is 0.339 e. The van der Waals surface area contributed by atoms with Gasteiger partial charge in [0.25, 0.3) is 5.91 Å². The molecule has 2 atom stereocenters. The van der Waals surface area contributed by atoms with E-state index >= 15 is 0 Å². The summed E-state index contributed by atoms with van der Waals surface area (Å²) < 4.78 is 5.54. The lowest BCUT2D eigenvalue weighted by Gasteiger charge is -2.37. The Morgan fingerprint density at radius 2 is 1.94 bits per heavy atom. The Labute approximate surface area is 189 Å². The average molecular weight is 440 g/mol. The highest BCUT2D eigenvalue weighted by molar-refractivity contribution is 6.06. The van der Waals surface area contributed by atoms with Gasteiger partial charge in [-0.3, -0.25) is 15.1 Å². The number of imide groups is 1. The van der Waals surface area contributed by atoms with Crippen molar-refractivity contribution in [1.82, 2.24) is 15.6 Å². The molecule has 1 aliphatic carbocycles. The number of para-hydroxylation sites is 1. The summed E-state index contributed by atoms with van der Waals surface area (Å²) in [6, 6.07) is 6.91. The molecule has 0 aliphatic heterocycles. The van der Waals surface area contributed by atoms with Crippen LogP contribution in [0.2, 0.25) is 0 Å². The first kappa shape index (κ1) is 23.7. The zero-order valence-corrected chi connectivity index (χ0v) is 19.6. The van der Waals surface area contributed by atoms with Gasteiger partial charge in [0.1, 0.15) is 0 Å². The second-order valence-electron chi connectivity index (χ2n) is 9.11. The normalized spacial score (nSPS) is 16.7. The summed E-state index contributed by atoms with van der Waals surface area (Å²) in [5.74, 6) is -0.803. The second kappa shape index (κ2) is 9.67. The van der Waals surface area contributed by atoms with E-state index in [4.69, 9.17) is 9.72 Å². The predicted octanol–water partition coefficient (Wildman–Crippen LogP) is 4.17. The van der Waals surface area contributed by atoms with Gasteiger partial charge in [-0.25, -0.2) is 9.59 Å². The van der Waals surface area contributed by atoms with Gasteiger partial charge < -0.3 is 10.1 Å². The third kappa shape index (κ3) is 4.92. The van der Waals surface area contributed by atoms with Crippen LogP contribution in [0, 0.1) is 11.3 Å². The highest BCUT2D eigenvalue weighted by atomic mass is 16.5. The van der Waals surface area contributed by atoms with Crippen LogP contribution in [0.25, 0.3) is 10.9 Å². The molecule has 1 aromatic carbocycles. The fourth-order valence-electron chi connectivity index (χ4n) is 4.27. The maximum atomic E-state index is 13.4. The molecule has 0 saturated heterocycles. The van der Waals surface area contributed by atoms with Gasteiger partial charge >= 0.3 is 12.0 Å². The molecular formula is C25H33N3O4. The SMILES string of the molecule is CCNC(=O)NC(=O)[C@@H](C)OC(=O)c1c2c(nc3ccccc13)CC[C@H](C(C)(C)CC)C2. The number of aromatic nitrogens is 1. The van der Waals surface area contributed by atoms with Crippen molar-refractivity contribution in [1.29, 1.82) is 0 Å². The number of hydrogen-bond acceptors (Lipinski definition) is 5. The number of carbonyl (C=O) groups excluding carboxylic acids is 3. The molecule has 0 saturated carbocycles. The molecule has 1 aromatic heterocycles. The number of aryl methyl sites for hydroxylation is 1. The molecule has 172 valence electrons. The van der Waals surface area contributed by atoms with Crippen LogP contribution in [-0.2, 0) is 22.4 Å². The number of amides is 3. The van der Waals surface area contributed by atoms with Crippen molar-refractivity contribution in [2.75, 3.05) is 6.54 Å². The standard InChI is InChI=1S/C25H33N3O4/c1-6-25(4,5)16-12-13-20-18(14-16)21(17-10-8-9-11-19(17)27-20)23(30)32-15(3)22(29)28-24(31)26-7-2/h8-11,15-16H,6-7,12-14H2,1-5H3,(H2,26,28,29,31)/t15-,16+/m1/s1. The van der Waals surface area contributed by atoms with E-state index in [-0.39, 0.29) is 5.41 Å². The van der Waals surface area contributed by atoms with Crippen molar-refractivity contribution >= 4 is 28.8 Å². The highest BCUT2D eigenvalue weighted by Crippen LogP contribution is 2.41. The van der Waals surface area contributed by atoms with Gasteiger partial charge in [-0.1, -0.05) is 45.4 Å². The fraction of sp³-hybridized carbons (Fsp3) is 0.520. The van der Waals surface area contributed by atoms with Crippen LogP contribution >= 0.6 is 0 Å². The number of rotatable bonds is 6. The van der Waals surface area contributed by atoms with E-state index in [1.54, 1.807) is 6.92 Å². The minimum Gasteiger partial charge on any atom is -0.449 e. The molecule has 1 aliphatic rings. The Bertz CT molecular complexity index is 1030. The van der Waals surface area contributed by atoms with Gasteiger partial charge in [0.05, 0.1) is 11.1 Å². The monoisotopic (exact) mass is 439 g/mol. The van der Waals surface area contributed by atoms with Gasteiger partial charge in [-0.15, -0.1) is 0 Å². The second-order valence-corrected chi connectivity index (χ2v) is 9.11. The number of esters is 1. The summed E-state index contributed by atoms with van der Waals surface area (Å²) in [6.45, 7) is 10.3. The Hall–Kier alpha value is -2.96. The number of nitrogens with zero attached hydrogens (tertiary/aromatic N) is 1. The molecule has 0 unspecified atom stereocenters. The lowest BCUT2D eigenvalue weighted by Crippen LogP contribution is -2.44. The lowest BCUT2D eigenvalue weighted by atomic mass is 9.68. The van der Waals surface area contributed by atoms with Gasteiger partial charge in [0.2, 0.25) is 0 Å². The molecule has 1 heterocycles. The Morgan fingerprint density at radius 3 is 2.62 bits per heavy atom. The van der Waals surface area contributed by atoms with E-state index in [9.17, 15) is 14.4 Å². The van der Waals surface area contributed by atoms with Gasteiger partial charge in [0.15, 0.2) is 6.10 Å². The average Bonchev–Trinajstić information content (AvgIpc) is 2.76. The molecule has 2 N–H and O–H groups in total. The zero-order chi connectivity index (χ0) is 23.5. The van der Waals surface area contributed by atoms with Gasteiger partial charge in [0, 0.05) is 17.6 Å². The van der Waals surface area contributed by atoms with Gasteiger partial charge in [-0.05, 0) is 56.1 Å². The maximum Gasteiger partial charge on any atom is 0.339 e. The topological polar surface area (TPSA) is 97.4 Å². The Balaban J connectivity index is 1.94. The summed E-state index contributed by atoms with van der Waals surface area (Å²) in [5, 5.41) is 5.40. The summed E-state index contributed by atoms with van der Waals surface area (Å²) in [7, 11) is 0. The number of urea groups is 1. The number of pyridine rings is 1. The van der Waals surface area contributed by atoms with Crippen LogP contribution < -0.4 is 10.6 Å². The Morgan fingerprint density at radius 1 is 1.22 bits per heavy atom. The minimum absolute atomic E-state index is 0.143. The fourth-order valence-corrected chi connectivity index (χ4v) is 4.27. The molecule has 2 aromatic rings.